The Labute approximate surface area is 115 Å². The molecule has 0 radical (unpaired) electrons. The molecule has 2 aromatic rings. The lowest BCUT2D eigenvalue weighted by Gasteiger charge is -2.19. The molecule has 0 spiro atoms. The van der Waals surface area contributed by atoms with Crippen LogP contribution >= 0.6 is 0 Å². The number of aromatic nitrogens is 3. The van der Waals surface area contributed by atoms with Gasteiger partial charge in [-0.1, -0.05) is 41.5 Å². The second-order valence-electron chi connectivity index (χ2n) is 7.43. The molecule has 0 unspecified atom stereocenters. The van der Waals surface area contributed by atoms with Gasteiger partial charge in [0.25, 0.3) is 0 Å². The lowest BCUT2D eigenvalue weighted by molar-refractivity contribution is 0.411. The summed E-state index contributed by atoms with van der Waals surface area (Å²) in [4.78, 5) is 13.5. The van der Waals surface area contributed by atoms with E-state index in [0.717, 1.165) is 23.3 Å². The number of hydrogen-bond acceptors (Lipinski definition) is 3. The third-order valence-corrected chi connectivity index (χ3v) is 2.89. The highest BCUT2D eigenvalue weighted by atomic mass is 14.9. The largest absolute Gasteiger partial charge is 0.253 e. The van der Waals surface area contributed by atoms with Gasteiger partial charge < -0.3 is 0 Å². The summed E-state index contributed by atoms with van der Waals surface area (Å²) in [6.45, 7) is 13.1. The third-order valence-electron chi connectivity index (χ3n) is 2.89. The highest BCUT2D eigenvalue weighted by Gasteiger charge is 2.18. The molecule has 19 heavy (non-hydrogen) atoms. The van der Waals surface area contributed by atoms with Gasteiger partial charge in [0.15, 0.2) is 0 Å². The number of rotatable bonds is 1. The van der Waals surface area contributed by atoms with Gasteiger partial charge in [-0.2, -0.15) is 0 Å². The Hall–Kier alpha value is -1.51. The van der Waals surface area contributed by atoms with E-state index in [-0.39, 0.29) is 10.8 Å². The van der Waals surface area contributed by atoms with Gasteiger partial charge >= 0.3 is 0 Å². The van der Waals surface area contributed by atoms with E-state index in [1.165, 1.54) is 5.56 Å². The second kappa shape index (κ2) is 4.55. The van der Waals surface area contributed by atoms with E-state index in [2.05, 4.69) is 62.6 Å². The minimum absolute atomic E-state index is 0.0335. The van der Waals surface area contributed by atoms with Gasteiger partial charge in [-0.05, 0) is 23.5 Å². The molecule has 3 heteroatoms. The van der Waals surface area contributed by atoms with E-state index in [0.29, 0.717) is 0 Å². The normalized spacial score (nSPS) is 12.9. The molecule has 0 saturated carbocycles. The van der Waals surface area contributed by atoms with Crippen LogP contribution in [0.2, 0.25) is 0 Å². The monoisotopic (exact) mass is 257 g/mol. The van der Waals surface area contributed by atoms with Crippen LogP contribution in [0.3, 0.4) is 0 Å². The Morgan fingerprint density at radius 3 is 2.16 bits per heavy atom. The van der Waals surface area contributed by atoms with Crippen molar-refractivity contribution in [2.45, 2.75) is 53.4 Å². The number of pyridine rings is 1. The van der Waals surface area contributed by atoms with E-state index in [1.807, 2.05) is 12.4 Å². The van der Waals surface area contributed by atoms with E-state index in [4.69, 9.17) is 0 Å². The van der Waals surface area contributed by atoms with Crippen LogP contribution in [0.15, 0.2) is 18.5 Å². The van der Waals surface area contributed by atoms with Crippen LogP contribution in [0.1, 0.15) is 52.9 Å². The molecule has 0 fully saturated rings. The summed E-state index contributed by atoms with van der Waals surface area (Å²) in [5, 5.41) is 0. The average molecular weight is 257 g/mol. The number of fused-ring (bicyclic) bond motifs is 1. The zero-order valence-corrected chi connectivity index (χ0v) is 12.8. The zero-order valence-electron chi connectivity index (χ0n) is 12.8. The summed E-state index contributed by atoms with van der Waals surface area (Å²) < 4.78 is 0. The van der Waals surface area contributed by atoms with Crippen molar-refractivity contribution in [2.75, 3.05) is 0 Å². The van der Waals surface area contributed by atoms with Crippen LogP contribution in [0, 0.1) is 5.41 Å². The van der Waals surface area contributed by atoms with Crippen LogP contribution in [-0.4, -0.2) is 15.0 Å². The second-order valence-corrected chi connectivity index (χ2v) is 7.43. The van der Waals surface area contributed by atoms with Crippen LogP contribution in [0.4, 0.5) is 0 Å². The van der Waals surface area contributed by atoms with Crippen molar-refractivity contribution >= 4 is 11.0 Å². The summed E-state index contributed by atoms with van der Waals surface area (Å²) in [5.41, 5.74) is 3.27. The van der Waals surface area contributed by atoms with Crippen molar-refractivity contribution in [1.82, 2.24) is 15.0 Å². The smallest absolute Gasteiger partial charge is 0.134 e. The molecule has 0 atom stereocenters. The third kappa shape index (κ3) is 3.49. The van der Waals surface area contributed by atoms with Gasteiger partial charge in [-0.3, -0.25) is 4.98 Å². The topological polar surface area (TPSA) is 38.7 Å². The molecule has 0 aliphatic heterocycles. The van der Waals surface area contributed by atoms with Crippen molar-refractivity contribution in [3.8, 4) is 0 Å². The fourth-order valence-electron chi connectivity index (χ4n) is 2.03. The molecule has 0 saturated heterocycles. The van der Waals surface area contributed by atoms with Crippen LogP contribution in [0.25, 0.3) is 11.0 Å². The van der Waals surface area contributed by atoms with E-state index in [9.17, 15) is 0 Å². The molecule has 0 amide bonds. The van der Waals surface area contributed by atoms with Gasteiger partial charge in [-0.15, -0.1) is 0 Å². The van der Waals surface area contributed by atoms with E-state index >= 15 is 0 Å². The lowest BCUT2D eigenvalue weighted by Crippen LogP contribution is -2.16. The first kappa shape index (κ1) is 13.9. The van der Waals surface area contributed by atoms with Gasteiger partial charge in [0.2, 0.25) is 0 Å². The summed E-state index contributed by atoms with van der Waals surface area (Å²) in [6, 6.07) is 2.14. The SMILES string of the molecule is CC(C)(C)Cc1cnc2cnc(C(C)(C)C)nc2c1. The van der Waals surface area contributed by atoms with Gasteiger partial charge in [0.1, 0.15) is 11.3 Å². The summed E-state index contributed by atoms with van der Waals surface area (Å²) in [7, 11) is 0. The van der Waals surface area contributed by atoms with Crippen LogP contribution < -0.4 is 0 Å². The minimum atomic E-state index is -0.0335. The molecular weight excluding hydrogens is 234 g/mol. The number of hydrogen-bond donors (Lipinski definition) is 0. The fraction of sp³-hybridized carbons (Fsp3) is 0.562. The molecule has 3 nitrogen and oxygen atoms in total. The molecule has 2 rings (SSSR count). The predicted octanol–water partition coefficient (Wildman–Crippen LogP) is 3.91. The molecular formula is C16H23N3. The quantitative estimate of drug-likeness (QED) is 0.777. The van der Waals surface area contributed by atoms with Crippen molar-refractivity contribution in [2.24, 2.45) is 5.41 Å². The Morgan fingerprint density at radius 1 is 0.895 bits per heavy atom. The summed E-state index contributed by atoms with van der Waals surface area (Å²) in [5.74, 6) is 0.870. The van der Waals surface area contributed by atoms with Crippen molar-refractivity contribution in [3.05, 3.63) is 29.8 Å². The first-order chi connectivity index (χ1) is 8.65. The van der Waals surface area contributed by atoms with Crippen LogP contribution in [0.5, 0.6) is 0 Å². The summed E-state index contributed by atoms with van der Waals surface area (Å²) in [6.07, 6.45) is 4.77. The maximum atomic E-state index is 4.66. The Bertz CT molecular complexity index is 589. The maximum absolute atomic E-state index is 4.66. The molecule has 0 bridgehead atoms. The van der Waals surface area contributed by atoms with Crippen LogP contribution in [-0.2, 0) is 11.8 Å². The highest BCUT2D eigenvalue weighted by Crippen LogP contribution is 2.23. The molecule has 2 heterocycles. The van der Waals surface area contributed by atoms with Gasteiger partial charge in [-0.25, -0.2) is 9.97 Å². The fourth-order valence-corrected chi connectivity index (χ4v) is 2.03. The van der Waals surface area contributed by atoms with Crippen molar-refractivity contribution in [3.63, 3.8) is 0 Å². The Kier molecular flexibility index (Phi) is 3.33. The lowest BCUT2D eigenvalue weighted by atomic mass is 9.89. The molecule has 0 aromatic carbocycles. The molecule has 0 aliphatic carbocycles. The van der Waals surface area contributed by atoms with Crippen molar-refractivity contribution < 1.29 is 0 Å². The van der Waals surface area contributed by atoms with Gasteiger partial charge in [0.05, 0.1) is 11.7 Å². The Balaban J connectivity index is 2.46. The number of nitrogens with zero attached hydrogens (tertiary/aromatic N) is 3. The highest BCUT2D eigenvalue weighted by molar-refractivity contribution is 5.73. The Morgan fingerprint density at radius 2 is 1.58 bits per heavy atom. The molecule has 0 aliphatic rings. The first-order valence-electron chi connectivity index (χ1n) is 6.77. The standard InChI is InChI=1S/C16H23N3/c1-15(2,3)8-11-7-12-13(17-9-11)10-18-14(19-12)16(4,5)6/h7,9-10H,8H2,1-6H3. The molecule has 102 valence electrons. The first-order valence-corrected chi connectivity index (χ1v) is 6.77. The molecule has 0 N–H and O–H groups in total. The predicted molar refractivity (Wildman–Crippen MR) is 79.2 cm³/mol. The zero-order chi connectivity index (χ0) is 14.3. The average Bonchev–Trinajstić information content (AvgIpc) is 2.24. The maximum Gasteiger partial charge on any atom is 0.134 e. The molecule has 2 aromatic heterocycles. The van der Waals surface area contributed by atoms with Gasteiger partial charge in [0, 0.05) is 11.6 Å². The van der Waals surface area contributed by atoms with E-state index in [1.54, 1.807) is 0 Å². The summed E-state index contributed by atoms with van der Waals surface area (Å²) >= 11 is 0. The minimum Gasteiger partial charge on any atom is -0.253 e. The van der Waals surface area contributed by atoms with Crippen molar-refractivity contribution in [1.29, 1.82) is 0 Å². The van der Waals surface area contributed by atoms with E-state index < -0.39 is 0 Å².